The zero-order valence-electron chi connectivity index (χ0n) is 12.7. The summed E-state index contributed by atoms with van der Waals surface area (Å²) >= 11 is 1.60. The molecule has 2 aromatic heterocycles. The highest BCUT2D eigenvalue weighted by Crippen LogP contribution is 2.25. The van der Waals surface area contributed by atoms with Crippen molar-refractivity contribution in [2.75, 3.05) is 13.2 Å². The molecule has 3 rings (SSSR count). The topological polar surface area (TPSA) is 69.2 Å². The SMILES string of the molecule is Cc1nc(-c2c[nH]c(C(=O)N3CCCCC3CCO)c2)cs1. The molecule has 2 N–H and O–H groups in total. The van der Waals surface area contributed by atoms with Gasteiger partial charge < -0.3 is 15.0 Å². The van der Waals surface area contributed by atoms with Crippen molar-refractivity contribution in [3.63, 3.8) is 0 Å². The molecule has 118 valence electrons. The third-order valence-corrected chi connectivity index (χ3v) is 4.95. The maximum atomic E-state index is 12.7. The number of hydrogen-bond donors (Lipinski definition) is 2. The number of aromatic nitrogens is 2. The number of thiazole rings is 1. The number of aliphatic hydroxyl groups excluding tert-OH is 1. The first-order valence-corrected chi connectivity index (χ1v) is 8.59. The second-order valence-electron chi connectivity index (χ2n) is 5.71. The monoisotopic (exact) mass is 319 g/mol. The number of likely N-dealkylation sites (tertiary alicyclic amines) is 1. The van der Waals surface area contributed by atoms with E-state index in [1.54, 1.807) is 11.3 Å². The van der Waals surface area contributed by atoms with Gasteiger partial charge in [-0.2, -0.15) is 0 Å². The van der Waals surface area contributed by atoms with E-state index in [-0.39, 0.29) is 18.6 Å². The van der Waals surface area contributed by atoms with Crippen LogP contribution in [0.5, 0.6) is 0 Å². The number of carbonyl (C=O) groups excluding carboxylic acids is 1. The molecule has 1 fully saturated rings. The number of nitrogens with one attached hydrogen (secondary N) is 1. The van der Waals surface area contributed by atoms with Gasteiger partial charge in [-0.25, -0.2) is 4.98 Å². The van der Waals surface area contributed by atoms with Crippen LogP contribution >= 0.6 is 11.3 Å². The first-order valence-electron chi connectivity index (χ1n) is 7.72. The Balaban J connectivity index is 1.78. The predicted molar refractivity (Wildman–Crippen MR) is 87.0 cm³/mol. The molecule has 22 heavy (non-hydrogen) atoms. The average Bonchev–Trinajstić information content (AvgIpc) is 3.16. The number of aromatic amines is 1. The molecule has 0 radical (unpaired) electrons. The minimum absolute atomic E-state index is 0.0244. The van der Waals surface area contributed by atoms with E-state index in [1.165, 1.54) is 0 Å². The molecular weight excluding hydrogens is 298 g/mol. The summed E-state index contributed by atoms with van der Waals surface area (Å²) in [5.41, 5.74) is 2.46. The second-order valence-corrected chi connectivity index (χ2v) is 6.78. The Kier molecular flexibility index (Phi) is 4.59. The van der Waals surface area contributed by atoms with Gasteiger partial charge in [0.25, 0.3) is 5.91 Å². The van der Waals surface area contributed by atoms with Gasteiger partial charge in [-0.05, 0) is 38.7 Å². The molecule has 6 heteroatoms. The van der Waals surface area contributed by atoms with Crippen LogP contribution in [0.25, 0.3) is 11.3 Å². The Bertz CT molecular complexity index is 647. The zero-order valence-corrected chi connectivity index (χ0v) is 13.5. The van der Waals surface area contributed by atoms with Crippen LogP contribution in [0, 0.1) is 6.92 Å². The second kappa shape index (κ2) is 6.62. The molecule has 1 amide bonds. The van der Waals surface area contributed by atoms with E-state index >= 15 is 0 Å². The highest BCUT2D eigenvalue weighted by molar-refractivity contribution is 7.09. The summed E-state index contributed by atoms with van der Waals surface area (Å²) in [4.78, 5) is 22.2. The minimum atomic E-state index is 0.0244. The molecule has 5 nitrogen and oxygen atoms in total. The fourth-order valence-corrected chi connectivity index (χ4v) is 3.66. The summed E-state index contributed by atoms with van der Waals surface area (Å²) in [5.74, 6) is 0.0244. The lowest BCUT2D eigenvalue weighted by Gasteiger charge is -2.35. The fraction of sp³-hybridized carbons (Fsp3) is 0.500. The molecule has 0 aliphatic carbocycles. The van der Waals surface area contributed by atoms with Gasteiger partial charge in [-0.15, -0.1) is 11.3 Å². The van der Waals surface area contributed by atoms with Gasteiger partial charge >= 0.3 is 0 Å². The number of amides is 1. The molecule has 2 aromatic rings. The van der Waals surface area contributed by atoms with E-state index in [2.05, 4.69) is 9.97 Å². The van der Waals surface area contributed by atoms with Crippen molar-refractivity contribution in [2.45, 2.75) is 38.6 Å². The van der Waals surface area contributed by atoms with Gasteiger partial charge in [0.15, 0.2) is 0 Å². The van der Waals surface area contributed by atoms with Gasteiger partial charge in [0.05, 0.1) is 10.7 Å². The first kappa shape index (κ1) is 15.2. The van der Waals surface area contributed by atoms with Gasteiger partial charge in [0, 0.05) is 36.3 Å². The number of nitrogens with zero attached hydrogens (tertiary/aromatic N) is 2. The van der Waals surface area contributed by atoms with E-state index in [4.69, 9.17) is 0 Å². The summed E-state index contributed by atoms with van der Waals surface area (Å²) in [6.45, 7) is 2.87. The van der Waals surface area contributed by atoms with Crippen LogP contribution in [-0.2, 0) is 0 Å². The Morgan fingerprint density at radius 2 is 2.41 bits per heavy atom. The number of hydrogen-bond acceptors (Lipinski definition) is 4. The Morgan fingerprint density at radius 1 is 1.55 bits per heavy atom. The lowest BCUT2D eigenvalue weighted by Crippen LogP contribution is -2.44. The average molecular weight is 319 g/mol. The Labute approximate surface area is 134 Å². The Hall–Kier alpha value is -1.66. The molecule has 1 aliphatic rings. The molecular formula is C16H21N3O2S. The van der Waals surface area contributed by atoms with Crippen molar-refractivity contribution >= 4 is 17.2 Å². The van der Waals surface area contributed by atoms with Crippen molar-refractivity contribution in [3.8, 4) is 11.3 Å². The summed E-state index contributed by atoms with van der Waals surface area (Å²) in [7, 11) is 0. The van der Waals surface area contributed by atoms with E-state index in [0.29, 0.717) is 12.1 Å². The summed E-state index contributed by atoms with van der Waals surface area (Å²) in [5, 5.41) is 12.2. The predicted octanol–water partition coefficient (Wildman–Crippen LogP) is 2.82. The number of H-pyrrole nitrogens is 1. The molecule has 0 bridgehead atoms. The lowest BCUT2D eigenvalue weighted by atomic mass is 9.99. The maximum Gasteiger partial charge on any atom is 0.270 e. The summed E-state index contributed by atoms with van der Waals surface area (Å²) < 4.78 is 0. The molecule has 0 saturated carbocycles. The molecule has 3 heterocycles. The highest BCUT2D eigenvalue weighted by atomic mass is 32.1. The summed E-state index contributed by atoms with van der Waals surface area (Å²) in [6, 6.07) is 2.03. The fourth-order valence-electron chi connectivity index (χ4n) is 3.03. The van der Waals surface area contributed by atoms with E-state index in [1.807, 2.05) is 29.5 Å². The first-order chi connectivity index (χ1) is 10.7. The molecule has 1 aliphatic heterocycles. The van der Waals surface area contributed by atoms with E-state index < -0.39 is 0 Å². The van der Waals surface area contributed by atoms with Crippen molar-refractivity contribution < 1.29 is 9.90 Å². The molecule has 0 spiro atoms. The molecule has 1 atom stereocenters. The molecule has 1 saturated heterocycles. The van der Waals surface area contributed by atoms with Crippen LogP contribution in [0.1, 0.15) is 41.2 Å². The molecule has 0 aromatic carbocycles. The number of piperidine rings is 1. The van der Waals surface area contributed by atoms with E-state index in [9.17, 15) is 9.90 Å². The number of aliphatic hydroxyl groups is 1. The largest absolute Gasteiger partial charge is 0.396 e. The highest BCUT2D eigenvalue weighted by Gasteiger charge is 2.27. The van der Waals surface area contributed by atoms with Crippen molar-refractivity contribution in [1.29, 1.82) is 0 Å². The third kappa shape index (κ3) is 3.08. The van der Waals surface area contributed by atoms with Crippen molar-refractivity contribution in [3.05, 3.63) is 28.3 Å². The molecule has 1 unspecified atom stereocenters. The number of rotatable bonds is 4. The van der Waals surface area contributed by atoms with Crippen LogP contribution in [-0.4, -0.2) is 45.1 Å². The van der Waals surface area contributed by atoms with Crippen LogP contribution in [0.2, 0.25) is 0 Å². The lowest BCUT2D eigenvalue weighted by molar-refractivity contribution is 0.0569. The van der Waals surface area contributed by atoms with Crippen molar-refractivity contribution in [2.24, 2.45) is 0 Å². The van der Waals surface area contributed by atoms with Gasteiger partial charge in [0.1, 0.15) is 5.69 Å². The standard InChI is InChI=1S/C16H21N3O2S/c1-11-18-15(10-22-11)12-8-14(17-9-12)16(21)19-6-3-2-4-13(19)5-7-20/h8-10,13,17,20H,2-7H2,1H3. The third-order valence-electron chi connectivity index (χ3n) is 4.18. The number of aryl methyl sites for hydroxylation is 1. The normalized spacial score (nSPS) is 18.6. The quantitative estimate of drug-likeness (QED) is 0.910. The van der Waals surface area contributed by atoms with Crippen LogP contribution in [0.3, 0.4) is 0 Å². The van der Waals surface area contributed by atoms with Gasteiger partial charge in [0.2, 0.25) is 0 Å². The number of carbonyl (C=O) groups is 1. The van der Waals surface area contributed by atoms with Crippen LogP contribution in [0.4, 0.5) is 0 Å². The van der Waals surface area contributed by atoms with Crippen molar-refractivity contribution in [1.82, 2.24) is 14.9 Å². The summed E-state index contributed by atoms with van der Waals surface area (Å²) in [6.07, 6.45) is 5.64. The van der Waals surface area contributed by atoms with Crippen LogP contribution < -0.4 is 0 Å². The zero-order chi connectivity index (χ0) is 15.5. The van der Waals surface area contributed by atoms with E-state index in [0.717, 1.165) is 42.1 Å². The van der Waals surface area contributed by atoms with Gasteiger partial charge in [-0.3, -0.25) is 4.79 Å². The smallest absolute Gasteiger partial charge is 0.270 e. The Morgan fingerprint density at radius 3 is 3.14 bits per heavy atom. The minimum Gasteiger partial charge on any atom is -0.396 e. The maximum absolute atomic E-state index is 12.7. The van der Waals surface area contributed by atoms with Gasteiger partial charge in [-0.1, -0.05) is 0 Å². The van der Waals surface area contributed by atoms with Crippen LogP contribution in [0.15, 0.2) is 17.6 Å².